The van der Waals surface area contributed by atoms with Crippen LogP contribution in [0.25, 0.3) is 0 Å². The number of nitrogens with one attached hydrogen (secondary N) is 1. The monoisotopic (exact) mass is 278 g/mol. The maximum atomic E-state index is 12.4. The number of rotatable bonds is 5. The van der Waals surface area contributed by atoms with Gasteiger partial charge in [0.25, 0.3) is 5.91 Å². The molecule has 1 fully saturated rings. The van der Waals surface area contributed by atoms with E-state index in [2.05, 4.69) is 12.2 Å². The van der Waals surface area contributed by atoms with Crippen molar-refractivity contribution in [2.45, 2.75) is 25.8 Å². The maximum absolute atomic E-state index is 12.4. The van der Waals surface area contributed by atoms with Crippen molar-refractivity contribution < 1.29 is 4.79 Å². The van der Waals surface area contributed by atoms with E-state index in [9.17, 15) is 4.79 Å². The normalized spacial score (nSPS) is 18.3. The Morgan fingerprint density at radius 2 is 2.16 bits per heavy atom. The van der Waals surface area contributed by atoms with Crippen molar-refractivity contribution in [1.29, 1.82) is 0 Å². The Morgan fingerprint density at radius 1 is 1.42 bits per heavy atom. The Labute approximate surface area is 119 Å². The molecule has 3 nitrogen and oxygen atoms in total. The lowest BCUT2D eigenvalue weighted by Crippen LogP contribution is -2.36. The third kappa shape index (κ3) is 3.66. The highest BCUT2D eigenvalue weighted by Gasteiger charge is 2.24. The molecule has 1 N–H and O–H groups in total. The fourth-order valence-corrected chi connectivity index (χ4v) is 3.46. The van der Waals surface area contributed by atoms with Gasteiger partial charge in [-0.25, -0.2) is 0 Å². The third-order valence-electron chi connectivity index (χ3n) is 3.48. The van der Waals surface area contributed by atoms with Crippen molar-refractivity contribution in [3.8, 4) is 0 Å². The number of carbonyl (C=O) groups is 1. The van der Waals surface area contributed by atoms with Crippen molar-refractivity contribution in [3.05, 3.63) is 29.8 Å². The van der Waals surface area contributed by atoms with Gasteiger partial charge in [-0.05, 0) is 42.9 Å². The standard InChI is InChI=1S/C15H22N2OS/c1-3-9-16-13-6-4-12(5-7-13)15(18)17(2)14-8-10-19-11-14/h4-7,14,16H,3,8-11H2,1-2H3. The second-order valence-corrected chi connectivity index (χ2v) is 6.09. The quantitative estimate of drug-likeness (QED) is 0.898. The van der Waals surface area contributed by atoms with Gasteiger partial charge in [0.05, 0.1) is 0 Å². The molecular weight excluding hydrogens is 256 g/mol. The first-order valence-corrected chi connectivity index (χ1v) is 8.06. The van der Waals surface area contributed by atoms with E-state index in [1.165, 1.54) is 5.75 Å². The summed E-state index contributed by atoms with van der Waals surface area (Å²) in [4.78, 5) is 14.3. The number of nitrogens with zero attached hydrogens (tertiary/aromatic N) is 1. The van der Waals surface area contributed by atoms with Crippen molar-refractivity contribution in [2.75, 3.05) is 30.4 Å². The number of benzene rings is 1. The van der Waals surface area contributed by atoms with Crippen LogP contribution < -0.4 is 5.32 Å². The summed E-state index contributed by atoms with van der Waals surface area (Å²) in [6.07, 6.45) is 2.21. The Balaban J connectivity index is 1.98. The molecule has 0 radical (unpaired) electrons. The molecule has 1 saturated heterocycles. The van der Waals surface area contributed by atoms with E-state index in [4.69, 9.17) is 0 Å². The molecule has 1 heterocycles. The van der Waals surface area contributed by atoms with Crippen molar-refractivity contribution in [1.82, 2.24) is 4.90 Å². The average molecular weight is 278 g/mol. The first kappa shape index (κ1) is 14.3. The van der Waals surface area contributed by atoms with Gasteiger partial charge in [-0.15, -0.1) is 0 Å². The summed E-state index contributed by atoms with van der Waals surface area (Å²) in [5.74, 6) is 2.37. The van der Waals surface area contributed by atoms with Crippen LogP contribution in [-0.2, 0) is 0 Å². The van der Waals surface area contributed by atoms with Gasteiger partial charge in [-0.1, -0.05) is 6.92 Å². The molecule has 1 amide bonds. The number of carbonyl (C=O) groups excluding carboxylic acids is 1. The largest absolute Gasteiger partial charge is 0.385 e. The summed E-state index contributed by atoms with van der Waals surface area (Å²) in [5.41, 5.74) is 1.86. The summed E-state index contributed by atoms with van der Waals surface area (Å²) >= 11 is 1.93. The minimum Gasteiger partial charge on any atom is -0.385 e. The summed E-state index contributed by atoms with van der Waals surface area (Å²) in [7, 11) is 1.92. The molecule has 1 aliphatic heterocycles. The Bertz CT molecular complexity index is 413. The minimum atomic E-state index is 0.134. The van der Waals surface area contributed by atoms with Crippen LogP contribution in [0.4, 0.5) is 5.69 Å². The molecule has 0 aliphatic carbocycles. The summed E-state index contributed by atoms with van der Waals surface area (Å²) in [6, 6.07) is 8.20. The molecule has 0 aromatic heterocycles. The summed E-state index contributed by atoms with van der Waals surface area (Å²) in [5, 5.41) is 3.32. The molecule has 19 heavy (non-hydrogen) atoms. The number of amides is 1. The predicted octanol–water partition coefficient (Wildman–Crippen LogP) is 3.09. The molecule has 1 aromatic carbocycles. The highest BCUT2D eigenvalue weighted by molar-refractivity contribution is 7.99. The molecule has 1 aromatic rings. The number of thioether (sulfide) groups is 1. The van der Waals surface area contributed by atoms with Crippen LogP contribution in [0.15, 0.2) is 24.3 Å². The molecular formula is C15H22N2OS. The van der Waals surface area contributed by atoms with Crippen molar-refractivity contribution in [2.24, 2.45) is 0 Å². The number of anilines is 1. The van der Waals surface area contributed by atoms with E-state index < -0.39 is 0 Å². The fourth-order valence-electron chi connectivity index (χ4n) is 2.20. The Kier molecular flexibility index (Phi) is 5.14. The summed E-state index contributed by atoms with van der Waals surface area (Å²) in [6.45, 7) is 3.10. The molecule has 1 atom stereocenters. The van der Waals surface area contributed by atoms with Crippen LogP contribution >= 0.6 is 11.8 Å². The van der Waals surface area contributed by atoms with Gasteiger partial charge in [0, 0.05) is 36.6 Å². The van der Waals surface area contributed by atoms with Crippen LogP contribution in [0.1, 0.15) is 30.1 Å². The van der Waals surface area contributed by atoms with Crippen LogP contribution in [0.5, 0.6) is 0 Å². The lowest BCUT2D eigenvalue weighted by atomic mass is 10.1. The lowest BCUT2D eigenvalue weighted by Gasteiger charge is -2.23. The number of hydrogen-bond donors (Lipinski definition) is 1. The molecule has 4 heteroatoms. The van der Waals surface area contributed by atoms with Gasteiger partial charge in [0.1, 0.15) is 0 Å². The lowest BCUT2D eigenvalue weighted by molar-refractivity contribution is 0.0748. The Morgan fingerprint density at radius 3 is 2.74 bits per heavy atom. The van der Waals surface area contributed by atoms with E-state index in [1.54, 1.807) is 0 Å². The van der Waals surface area contributed by atoms with Gasteiger partial charge in [0.2, 0.25) is 0 Å². The molecule has 0 spiro atoms. The zero-order valence-electron chi connectivity index (χ0n) is 11.7. The predicted molar refractivity (Wildman–Crippen MR) is 83.0 cm³/mol. The topological polar surface area (TPSA) is 32.3 Å². The molecule has 0 saturated carbocycles. The van der Waals surface area contributed by atoms with E-state index in [1.807, 2.05) is 48.0 Å². The minimum absolute atomic E-state index is 0.134. The van der Waals surface area contributed by atoms with Crippen molar-refractivity contribution in [3.63, 3.8) is 0 Å². The maximum Gasteiger partial charge on any atom is 0.253 e. The van der Waals surface area contributed by atoms with Gasteiger partial charge in [-0.2, -0.15) is 11.8 Å². The van der Waals surface area contributed by atoms with Crippen LogP contribution in [0.3, 0.4) is 0 Å². The van der Waals surface area contributed by atoms with Gasteiger partial charge in [-0.3, -0.25) is 4.79 Å². The Hall–Kier alpha value is -1.16. The molecule has 0 bridgehead atoms. The fraction of sp³-hybridized carbons (Fsp3) is 0.533. The van der Waals surface area contributed by atoms with Gasteiger partial charge < -0.3 is 10.2 Å². The van der Waals surface area contributed by atoms with Crippen LogP contribution in [-0.4, -0.2) is 41.9 Å². The third-order valence-corrected chi connectivity index (χ3v) is 4.63. The number of hydrogen-bond acceptors (Lipinski definition) is 3. The highest BCUT2D eigenvalue weighted by Crippen LogP contribution is 2.23. The van der Waals surface area contributed by atoms with Gasteiger partial charge in [0.15, 0.2) is 0 Å². The molecule has 1 unspecified atom stereocenters. The summed E-state index contributed by atoms with van der Waals surface area (Å²) < 4.78 is 0. The van der Waals surface area contributed by atoms with E-state index >= 15 is 0 Å². The van der Waals surface area contributed by atoms with E-state index in [0.29, 0.717) is 6.04 Å². The zero-order valence-corrected chi connectivity index (χ0v) is 12.5. The first-order chi connectivity index (χ1) is 9.22. The van der Waals surface area contributed by atoms with Gasteiger partial charge >= 0.3 is 0 Å². The second-order valence-electron chi connectivity index (χ2n) is 4.94. The highest BCUT2D eigenvalue weighted by atomic mass is 32.2. The SMILES string of the molecule is CCCNc1ccc(C(=O)N(C)C2CCSC2)cc1. The smallest absolute Gasteiger partial charge is 0.253 e. The van der Waals surface area contributed by atoms with Crippen LogP contribution in [0.2, 0.25) is 0 Å². The van der Waals surface area contributed by atoms with Crippen LogP contribution in [0, 0.1) is 0 Å². The first-order valence-electron chi connectivity index (χ1n) is 6.91. The average Bonchev–Trinajstić information content (AvgIpc) is 2.98. The van der Waals surface area contributed by atoms with E-state index in [-0.39, 0.29) is 5.91 Å². The molecule has 2 rings (SSSR count). The zero-order chi connectivity index (χ0) is 13.7. The van der Waals surface area contributed by atoms with E-state index in [0.717, 1.165) is 36.4 Å². The second kappa shape index (κ2) is 6.85. The molecule has 1 aliphatic rings. The van der Waals surface area contributed by atoms with Crippen molar-refractivity contribution >= 4 is 23.4 Å². The molecule has 104 valence electrons.